The Morgan fingerprint density at radius 3 is 1.53 bits per heavy atom. The van der Waals surface area contributed by atoms with Gasteiger partial charge in [0.1, 0.15) is 94.8 Å². The van der Waals surface area contributed by atoms with Crippen LogP contribution in [0.2, 0.25) is 0 Å². The van der Waals surface area contributed by atoms with Crippen LogP contribution in [0.5, 0.6) is 28.7 Å². The Labute approximate surface area is 767 Å². The summed E-state index contributed by atoms with van der Waals surface area (Å²) in [5, 5.41) is 131. The van der Waals surface area contributed by atoms with Crippen molar-refractivity contribution in [2.45, 2.75) is 250 Å². The third-order valence-corrected chi connectivity index (χ3v) is 22.4. The van der Waals surface area contributed by atoms with Crippen LogP contribution in [0.3, 0.4) is 0 Å². The number of aliphatic hydroxyl groups excluding tert-OH is 2. The summed E-state index contributed by atoms with van der Waals surface area (Å²) >= 11 is 0. The Balaban J connectivity index is 1.06. The number of aromatic hydroxyl groups is 4. The van der Waals surface area contributed by atoms with E-state index >= 15 is 4.79 Å². The highest BCUT2D eigenvalue weighted by Gasteiger charge is 2.50. The van der Waals surface area contributed by atoms with Gasteiger partial charge in [0.15, 0.2) is 30.6 Å². The number of nitrogens with zero attached hydrogens (tertiary/aromatic N) is 1. The summed E-state index contributed by atoms with van der Waals surface area (Å²) in [6.07, 6.45) is -8.29. The number of ether oxygens (including phenoxy) is 3. The van der Waals surface area contributed by atoms with Crippen molar-refractivity contribution < 1.29 is 122 Å². The van der Waals surface area contributed by atoms with Crippen molar-refractivity contribution in [3.05, 3.63) is 111 Å². The maximum atomic E-state index is 15.0. The predicted octanol–water partition coefficient (Wildman–Crippen LogP) is -3.13. The van der Waals surface area contributed by atoms with Crippen LogP contribution in [0.4, 0.5) is 0 Å². The fourth-order valence-corrected chi connectivity index (χ4v) is 15.2. The number of aliphatic hydroxyl groups is 3. The smallest absolute Gasteiger partial charge is 0.261 e. The first kappa shape index (κ1) is 107. The predicted molar refractivity (Wildman–Crippen MR) is 479 cm³/mol. The lowest BCUT2D eigenvalue weighted by molar-refractivity contribution is -0.245. The molecule has 4 aromatic carbocycles. The van der Waals surface area contributed by atoms with Crippen LogP contribution in [0, 0.1) is 28.6 Å². The highest BCUT2D eigenvalue weighted by molar-refractivity contribution is 6.31. The molecule has 1 fully saturated rings. The van der Waals surface area contributed by atoms with Gasteiger partial charge in [-0.3, -0.25) is 77.9 Å². The van der Waals surface area contributed by atoms with Crippen molar-refractivity contribution in [2.75, 3.05) is 33.4 Å². The number of nitrogens with two attached hydrogens (primary N) is 4. The fraction of sp³-hybridized carbons (Fsp3) is 0.534. The van der Waals surface area contributed by atoms with E-state index in [2.05, 4.69) is 74.3 Å². The molecule has 45 nitrogen and oxygen atoms in total. The Kier molecular flexibility index (Phi) is 39.0. The number of amides is 12. The molecule has 133 heavy (non-hydrogen) atoms. The molecular weight excluding hydrogens is 1740 g/mol. The molecule has 0 radical (unpaired) electrons. The van der Waals surface area contributed by atoms with Crippen molar-refractivity contribution in [3.63, 3.8) is 0 Å². The van der Waals surface area contributed by atoms with Gasteiger partial charge in [-0.15, -0.1) is 0 Å². The molecule has 12 amide bonds. The molecule has 45 heteroatoms. The molecule has 1 heterocycles. The zero-order chi connectivity index (χ0) is 98.9. The van der Waals surface area contributed by atoms with Crippen molar-refractivity contribution in [1.82, 2.24) is 69.1 Å². The summed E-state index contributed by atoms with van der Waals surface area (Å²) in [6.45, 7) is 14.9. The second-order valence-electron chi connectivity index (χ2n) is 34.5. The van der Waals surface area contributed by atoms with Gasteiger partial charge in [-0.1, -0.05) is 83.1 Å². The lowest BCUT2D eigenvalue weighted by Gasteiger charge is -2.42. The molecule has 2 aliphatic carbocycles. The first-order valence-corrected chi connectivity index (χ1v) is 43.5. The second-order valence-corrected chi connectivity index (χ2v) is 34.5. The van der Waals surface area contributed by atoms with Crippen LogP contribution in [0.25, 0.3) is 0 Å². The third-order valence-electron chi connectivity index (χ3n) is 22.4. The van der Waals surface area contributed by atoms with Gasteiger partial charge in [-0.25, -0.2) is 0 Å². The van der Waals surface area contributed by atoms with Crippen molar-refractivity contribution >= 4 is 100 Å². The van der Waals surface area contributed by atoms with E-state index in [1.807, 2.05) is 0 Å². The number of primary amides is 1. The second kappa shape index (κ2) is 48.7. The molecule has 1 aliphatic heterocycles. The van der Waals surface area contributed by atoms with Gasteiger partial charge in [0.25, 0.3) is 5.91 Å². The lowest BCUT2D eigenvalue weighted by Crippen LogP contribution is -2.61. The number of rotatable bonds is 47. The zero-order valence-corrected chi connectivity index (χ0v) is 76.2. The van der Waals surface area contributed by atoms with Gasteiger partial charge in [0.05, 0.1) is 60.5 Å². The molecule has 7 rings (SSSR count). The molecule has 728 valence electrons. The molecule has 3 aliphatic rings. The summed E-state index contributed by atoms with van der Waals surface area (Å²) in [5.74, 6) is -17.0. The summed E-state index contributed by atoms with van der Waals surface area (Å²) < 4.78 is 17.7. The van der Waals surface area contributed by atoms with E-state index in [1.54, 1.807) is 41.5 Å². The number of methoxy groups -OCH3 is 1. The van der Waals surface area contributed by atoms with Gasteiger partial charge in [-0.2, -0.15) is 0 Å². The maximum absolute atomic E-state index is 15.0. The quantitative estimate of drug-likeness (QED) is 0.00602. The molecule has 0 bridgehead atoms. The Morgan fingerprint density at radius 1 is 0.564 bits per heavy atom. The normalized spacial score (nSPS) is 19.3. The van der Waals surface area contributed by atoms with Crippen LogP contribution >= 0.6 is 0 Å². The monoisotopic (exact) mass is 1860 g/mol. The molecule has 4 aromatic rings. The van der Waals surface area contributed by atoms with Crippen LogP contribution in [0.1, 0.15) is 188 Å². The molecular formula is C88H126N20O25. The minimum atomic E-state index is -2.21. The van der Waals surface area contributed by atoms with Gasteiger partial charge in [0.2, 0.25) is 70.8 Å². The molecule has 0 aromatic heterocycles. The minimum Gasteiger partial charge on any atom is -0.508 e. The SMILES string of the molecule is COc1cccc2c1C(=O)c1c(O)c3c(c(O)c1C2=O)C[C@@](O)(/C(C)=N/OCC(=O)N[C@@H](CC(C)C)C(=O)N[C@@H](CCCNC(=N)N)C(=O)N[C@@H](CCCNC(=N)N)C(=O)N[C@@H](Cc1ccc(O)cc1)C(=O)N[C@H](C(=O)N[C@@H](C)C(=O)N[C@@H](CC(C)C)C(=O)NCC(=O)N[C@@H](Cc1ccc(O)cc1)C(=O)N[C@@H](C)C(=O)N[C@H](C(N)=O)[C@@H](C)O)C(C)C)C[C@@H]3O[C@H]1C[C@H](N)[C@H](O)[C@H](C)O1. The van der Waals surface area contributed by atoms with Crippen molar-refractivity contribution in [1.29, 1.82) is 10.8 Å². The molecule has 0 unspecified atom stereocenters. The number of guanidine groups is 2. The van der Waals surface area contributed by atoms with Gasteiger partial charge < -0.3 is 147 Å². The number of carbonyl (C=O) groups is 14. The number of phenolic OH excluding ortho intramolecular Hbond substituents is 4. The topological polar surface area (TPSA) is 738 Å². The highest BCUT2D eigenvalue weighted by atomic mass is 16.7. The Bertz CT molecular complexity index is 4930. The van der Waals surface area contributed by atoms with E-state index in [9.17, 15) is 98.1 Å². The standard InChI is InChI=1S/C88H126N20O25/c1-39(2)30-56(79(122)97-37-62(112)100-58(32-47-20-24-49(110)25-21-47)82(125)98-43(8)78(121)107-70(44(9)109)76(90)119)104-77(120)42(7)99-85(128)69(41(5)6)106-84(127)59(33-48-22-26-50(111)27-23-48)105-81(124)55(18-15-29-96-87(93)94)102-80(123)54(17-14-28-95-86(91)92)103-83(126)57(31-40(3)4)101-63(113)38-131-108-46(11)88(129)35-52-66(61(36-88)133-64-34-53(89)71(114)45(10)132-64)75(118)68-67(73(52)116)72(115)51-16-13-19-60(130-12)65(51)74(68)117/h13,16,19-27,39-45,53-59,61,64,69-71,109-111,114,116,118,129H,14-15,17-18,28-38,89H2,1-12H3,(H2,90,119)(H,97,122)(H,98,125)(H,99,128)(H,100,112)(H,101,113)(H,102,123)(H,103,126)(H,104,120)(H,105,124)(H,106,127)(H,107,121)(H4,91,92,95)(H4,93,94,96)/b108-46+/t42-,43-,44+,45-,53-,54-,55-,56-,57-,58-,59-,61-,64-,69-,70-,71+,88-/m0/s1. The summed E-state index contributed by atoms with van der Waals surface area (Å²) in [7, 11) is 1.28. The van der Waals surface area contributed by atoms with Crippen molar-refractivity contribution in [2.24, 2.45) is 45.8 Å². The number of oxime groups is 1. The average Bonchev–Trinajstić information content (AvgIpc) is 0.708. The minimum absolute atomic E-state index is 0.0111. The van der Waals surface area contributed by atoms with Crippen LogP contribution < -0.4 is 96.8 Å². The van der Waals surface area contributed by atoms with E-state index in [-0.39, 0.29) is 128 Å². The van der Waals surface area contributed by atoms with E-state index in [1.165, 1.54) is 108 Å². The first-order chi connectivity index (χ1) is 62.5. The maximum Gasteiger partial charge on any atom is 0.261 e. The number of hydrogen-bond acceptors (Lipinski definition) is 29. The molecule has 0 saturated carbocycles. The van der Waals surface area contributed by atoms with E-state index in [4.69, 9.17) is 52.8 Å². The molecule has 0 spiro atoms. The van der Waals surface area contributed by atoms with Gasteiger partial charge in [-0.05, 0) is 132 Å². The van der Waals surface area contributed by atoms with Crippen LogP contribution in [-0.4, -0.2) is 266 Å². The first-order valence-electron chi connectivity index (χ1n) is 43.5. The van der Waals surface area contributed by atoms with Crippen molar-refractivity contribution in [3.8, 4) is 28.7 Å². The number of fused-ring (bicyclic) bond motifs is 3. The molecule has 17 atom stereocenters. The number of phenols is 4. The Morgan fingerprint density at radius 2 is 1.03 bits per heavy atom. The Hall–Kier alpha value is -13.4. The number of hydrogen-bond donors (Lipinski definition) is 26. The fourth-order valence-electron chi connectivity index (χ4n) is 15.2. The average molecular weight is 1860 g/mol. The lowest BCUT2D eigenvalue weighted by atomic mass is 9.72. The molecule has 30 N–H and O–H groups in total. The van der Waals surface area contributed by atoms with E-state index in [0.29, 0.717) is 11.1 Å². The summed E-state index contributed by atoms with van der Waals surface area (Å²) in [6, 6.07) is -0.215. The number of nitrogens with one attached hydrogen (secondary N) is 15. The van der Waals surface area contributed by atoms with Gasteiger partial charge >= 0.3 is 0 Å². The van der Waals surface area contributed by atoms with Crippen LogP contribution in [0.15, 0.2) is 71.9 Å². The summed E-state index contributed by atoms with van der Waals surface area (Å²) in [5.41, 5.74) is 19.2. The van der Waals surface area contributed by atoms with E-state index < -0.39 is 252 Å². The number of benzene rings is 4. The third kappa shape index (κ3) is 30.1. The summed E-state index contributed by atoms with van der Waals surface area (Å²) in [4.78, 5) is 202. The molecule has 1 saturated heterocycles. The highest BCUT2D eigenvalue weighted by Crippen LogP contribution is 2.53. The van der Waals surface area contributed by atoms with Crippen LogP contribution in [-0.2, 0) is 91.1 Å². The van der Waals surface area contributed by atoms with Gasteiger partial charge in [0, 0.05) is 67.9 Å². The largest absolute Gasteiger partial charge is 0.508 e. The number of ketones is 2. The number of carbonyl (C=O) groups excluding carboxylic acids is 14. The zero-order valence-electron chi connectivity index (χ0n) is 76.2. The van der Waals surface area contributed by atoms with E-state index in [0.717, 1.165) is 0 Å².